The van der Waals surface area contributed by atoms with E-state index < -0.39 is 5.97 Å². The predicted molar refractivity (Wildman–Crippen MR) is 103 cm³/mol. The van der Waals surface area contributed by atoms with Crippen molar-refractivity contribution in [1.29, 1.82) is 0 Å². The number of thiazole rings is 1. The Morgan fingerprint density at radius 2 is 2.04 bits per heavy atom. The van der Waals surface area contributed by atoms with Crippen LogP contribution in [0.25, 0.3) is 11.4 Å². The minimum atomic E-state index is -0.508. The van der Waals surface area contributed by atoms with Gasteiger partial charge in [-0.05, 0) is 31.2 Å². The summed E-state index contributed by atoms with van der Waals surface area (Å²) in [6.45, 7) is 1.99. The zero-order valence-corrected chi connectivity index (χ0v) is 16.0. The van der Waals surface area contributed by atoms with Gasteiger partial charge in [0.1, 0.15) is 5.56 Å². The second-order valence-corrected chi connectivity index (χ2v) is 6.65. The van der Waals surface area contributed by atoms with Crippen LogP contribution in [0.5, 0.6) is 0 Å². The number of nitrogens with zero attached hydrogens (tertiary/aromatic N) is 3. The molecule has 0 unspecified atom stereocenters. The molecule has 3 aromatic rings. The number of rotatable bonds is 6. The molecular formula is C17H14Cl2N4O2S. The van der Waals surface area contributed by atoms with E-state index in [9.17, 15) is 4.79 Å². The lowest BCUT2D eigenvalue weighted by Crippen LogP contribution is -2.11. The van der Waals surface area contributed by atoms with E-state index in [4.69, 9.17) is 27.9 Å². The van der Waals surface area contributed by atoms with Crippen molar-refractivity contribution >= 4 is 51.5 Å². The Bertz CT molecular complexity index is 915. The lowest BCUT2D eigenvalue weighted by Gasteiger charge is -2.10. The Morgan fingerprint density at radius 1 is 1.27 bits per heavy atom. The summed E-state index contributed by atoms with van der Waals surface area (Å²) in [5.74, 6) is 0.569. The van der Waals surface area contributed by atoms with E-state index >= 15 is 0 Å². The van der Waals surface area contributed by atoms with E-state index in [0.717, 1.165) is 11.3 Å². The van der Waals surface area contributed by atoms with Gasteiger partial charge in [-0.15, -0.1) is 22.9 Å². The number of anilines is 2. The van der Waals surface area contributed by atoms with Crippen LogP contribution in [0.1, 0.15) is 23.0 Å². The Balaban J connectivity index is 1.99. The fourth-order valence-corrected chi connectivity index (χ4v) is 3.16. The number of hydrogen-bond acceptors (Lipinski definition) is 7. The summed E-state index contributed by atoms with van der Waals surface area (Å²) in [6.07, 6.45) is 1.44. The summed E-state index contributed by atoms with van der Waals surface area (Å²) in [7, 11) is 0. The average Bonchev–Trinajstić information content (AvgIpc) is 3.10. The van der Waals surface area contributed by atoms with Crippen molar-refractivity contribution in [2.24, 2.45) is 0 Å². The first kappa shape index (κ1) is 18.6. The largest absolute Gasteiger partial charge is 0.462 e. The number of aromatic nitrogens is 3. The van der Waals surface area contributed by atoms with Crippen LogP contribution in [0, 0.1) is 0 Å². The van der Waals surface area contributed by atoms with Crippen molar-refractivity contribution in [3.63, 3.8) is 0 Å². The molecule has 1 N–H and O–H groups in total. The van der Waals surface area contributed by atoms with Gasteiger partial charge in [0, 0.05) is 22.2 Å². The van der Waals surface area contributed by atoms with Crippen molar-refractivity contribution in [3.8, 4) is 11.4 Å². The molecule has 1 aromatic carbocycles. The quantitative estimate of drug-likeness (QED) is 0.460. The molecule has 2 heterocycles. The molecule has 9 heteroatoms. The van der Waals surface area contributed by atoms with Gasteiger partial charge >= 0.3 is 5.97 Å². The summed E-state index contributed by atoms with van der Waals surface area (Å²) in [4.78, 5) is 25.3. The van der Waals surface area contributed by atoms with Crippen molar-refractivity contribution < 1.29 is 9.53 Å². The van der Waals surface area contributed by atoms with Gasteiger partial charge in [-0.3, -0.25) is 0 Å². The van der Waals surface area contributed by atoms with Crippen LogP contribution in [0.4, 0.5) is 10.9 Å². The third-order valence-corrected chi connectivity index (χ3v) is 4.63. The highest BCUT2D eigenvalue weighted by Crippen LogP contribution is 2.26. The third kappa shape index (κ3) is 4.30. The maximum absolute atomic E-state index is 12.2. The molecule has 0 spiro atoms. The van der Waals surface area contributed by atoms with Crippen LogP contribution in [0.15, 0.2) is 35.8 Å². The summed E-state index contributed by atoms with van der Waals surface area (Å²) in [5, 5.41) is 6.09. The topological polar surface area (TPSA) is 77.0 Å². The smallest absolute Gasteiger partial charge is 0.343 e. The van der Waals surface area contributed by atoms with Crippen molar-refractivity contribution in [2.45, 2.75) is 12.8 Å². The van der Waals surface area contributed by atoms with E-state index in [1.54, 1.807) is 31.2 Å². The predicted octanol–water partition coefficient (Wildman–Crippen LogP) is 4.91. The van der Waals surface area contributed by atoms with Gasteiger partial charge in [-0.2, -0.15) is 0 Å². The first-order valence-electron chi connectivity index (χ1n) is 7.68. The van der Waals surface area contributed by atoms with E-state index in [2.05, 4.69) is 20.3 Å². The number of benzene rings is 1. The van der Waals surface area contributed by atoms with Gasteiger partial charge in [-0.25, -0.2) is 19.7 Å². The van der Waals surface area contributed by atoms with Gasteiger partial charge in [0.05, 0.1) is 18.2 Å². The molecule has 6 nitrogen and oxygen atoms in total. The maximum atomic E-state index is 12.2. The number of alkyl halides is 1. The second-order valence-electron chi connectivity index (χ2n) is 5.09. The van der Waals surface area contributed by atoms with Crippen molar-refractivity contribution in [1.82, 2.24) is 15.0 Å². The SMILES string of the molecule is CCOC(=O)c1cnc(-c2ccc(Cl)cc2)nc1Nc1nc(CCl)cs1. The molecule has 0 saturated carbocycles. The Morgan fingerprint density at radius 3 is 2.69 bits per heavy atom. The highest BCUT2D eigenvalue weighted by molar-refractivity contribution is 7.13. The minimum absolute atomic E-state index is 0.229. The molecule has 0 atom stereocenters. The van der Waals surface area contributed by atoms with E-state index in [1.807, 2.05) is 5.38 Å². The summed E-state index contributed by atoms with van der Waals surface area (Å²) in [6, 6.07) is 7.11. The van der Waals surface area contributed by atoms with Crippen LogP contribution < -0.4 is 5.32 Å². The van der Waals surface area contributed by atoms with Crippen LogP contribution in [0.2, 0.25) is 5.02 Å². The minimum Gasteiger partial charge on any atom is -0.462 e. The molecule has 0 fully saturated rings. The van der Waals surface area contributed by atoms with Crippen molar-refractivity contribution in [2.75, 3.05) is 11.9 Å². The van der Waals surface area contributed by atoms with E-state index in [1.165, 1.54) is 17.5 Å². The number of hydrogen-bond donors (Lipinski definition) is 1. The zero-order chi connectivity index (χ0) is 18.5. The number of nitrogens with one attached hydrogen (secondary N) is 1. The normalized spacial score (nSPS) is 10.6. The lowest BCUT2D eigenvalue weighted by molar-refractivity contribution is 0.0526. The highest BCUT2D eigenvalue weighted by atomic mass is 35.5. The van der Waals surface area contributed by atoms with Gasteiger partial charge in [-0.1, -0.05) is 11.6 Å². The van der Waals surface area contributed by atoms with Gasteiger partial charge in [0.15, 0.2) is 16.8 Å². The zero-order valence-electron chi connectivity index (χ0n) is 13.7. The summed E-state index contributed by atoms with van der Waals surface area (Å²) < 4.78 is 5.08. The van der Waals surface area contributed by atoms with Crippen molar-refractivity contribution in [3.05, 3.63) is 52.1 Å². The lowest BCUT2D eigenvalue weighted by atomic mass is 10.2. The van der Waals surface area contributed by atoms with Crippen LogP contribution in [-0.2, 0) is 10.6 Å². The molecule has 0 saturated heterocycles. The molecular weight excluding hydrogens is 395 g/mol. The molecule has 2 aromatic heterocycles. The standard InChI is InChI=1S/C17H14Cl2N4O2S/c1-2-25-16(24)13-8-20-14(10-3-5-11(19)6-4-10)22-15(13)23-17-21-12(7-18)9-26-17/h3-6,8-9H,2,7H2,1H3,(H,20,21,22,23). The summed E-state index contributed by atoms with van der Waals surface area (Å²) >= 11 is 13.1. The summed E-state index contributed by atoms with van der Waals surface area (Å²) in [5.41, 5.74) is 1.74. The van der Waals surface area contributed by atoms with Crippen LogP contribution in [0.3, 0.4) is 0 Å². The number of esters is 1. The molecule has 0 aliphatic carbocycles. The third-order valence-electron chi connectivity index (χ3n) is 3.30. The Labute approximate surface area is 164 Å². The highest BCUT2D eigenvalue weighted by Gasteiger charge is 2.18. The monoisotopic (exact) mass is 408 g/mol. The van der Waals surface area contributed by atoms with Gasteiger partial charge in [0.25, 0.3) is 0 Å². The fourth-order valence-electron chi connectivity index (χ4n) is 2.10. The molecule has 0 bridgehead atoms. The number of carbonyl (C=O) groups is 1. The van der Waals surface area contributed by atoms with Gasteiger partial charge in [0.2, 0.25) is 0 Å². The molecule has 134 valence electrons. The number of carbonyl (C=O) groups excluding carboxylic acids is 1. The second kappa shape index (κ2) is 8.44. The first-order valence-corrected chi connectivity index (χ1v) is 9.47. The van der Waals surface area contributed by atoms with E-state index in [-0.39, 0.29) is 12.2 Å². The maximum Gasteiger partial charge on any atom is 0.343 e. The number of halogens is 2. The number of ether oxygens (including phenoxy) is 1. The first-order chi connectivity index (χ1) is 12.6. The molecule has 3 rings (SSSR count). The molecule has 26 heavy (non-hydrogen) atoms. The molecule has 0 radical (unpaired) electrons. The Kier molecular flexibility index (Phi) is 6.03. The van der Waals surface area contributed by atoms with Crippen LogP contribution in [-0.4, -0.2) is 27.5 Å². The fraction of sp³-hybridized carbons (Fsp3) is 0.176. The average molecular weight is 409 g/mol. The molecule has 0 aliphatic rings. The van der Waals surface area contributed by atoms with Gasteiger partial charge < -0.3 is 10.1 Å². The van der Waals surface area contributed by atoms with E-state index in [0.29, 0.717) is 27.7 Å². The Hall–Kier alpha value is -2.22. The molecule has 0 amide bonds. The van der Waals surface area contributed by atoms with Crippen LogP contribution >= 0.6 is 34.5 Å². The molecule has 0 aliphatic heterocycles.